The summed E-state index contributed by atoms with van der Waals surface area (Å²) in [5, 5.41) is 14.0. The van der Waals surface area contributed by atoms with Gasteiger partial charge in [-0.05, 0) is 65.7 Å². The first kappa shape index (κ1) is 34.4. The fourth-order valence-electron chi connectivity index (χ4n) is 7.66. The maximum absolute atomic E-state index is 9.88. The molecule has 0 N–H and O–H groups in total. The molecule has 0 aliphatic rings. The highest BCUT2D eigenvalue weighted by Gasteiger charge is 2.21. The van der Waals surface area contributed by atoms with Gasteiger partial charge in [-0.15, -0.1) is 0 Å². The largest absolute Gasteiger partial charge is 0.456 e. The Morgan fingerprint density at radius 3 is 1.98 bits per heavy atom. The third-order valence-corrected chi connectivity index (χ3v) is 10.4. The Hall–Kier alpha value is -8.14. The minimum atomic E-state index is 0.446. The summed E-state index contributed by atoms with van der Waals surface area (Å²) < 4.78 is 8.55. The van der Waals surface area contributed by atoms with Gasteiger partial charge in [-0.25, -0.2) is 15.0 Å². The maximum Gasteiger partial charge on any atom is 0.164 e. The van der Waals surface area contributed by atoms with Crippen molar-refractivity contribution in [2.75, 3.05) is 0 Å². The highest BCUT2D eigenvalue weighted by Crippen LogP contribution is 2.40. The minimum Gasteiger partial charge on any atom is -0.456 e. The predicted molar refractivity (Wildman–Crippen MR) is 236 cm³/mol. The summed E-state index contributed by atoms with van der Waals surface area (Å²) in [6.07, 6.45) is 4.28. The normalized spacial score (nSPS) is 12.1. The number of allylic oxidation sites excluding steroid dienone is 4. The molecular weight excluding hydrogens is 711 g/mol. The van der Waals surface area contributed by atoms with E-state index in [-0.39, 0.29) is 0 Å². The zero-order valence-electron chi connectivity index (χ0n) is 31.2. The van der Waals surface area contributed by atoms with Crippen molar-refractivity contribution in [3.63, 3.8) is 0 Å². The molecule has 0 fully saturated rings. The highest BCUT2D eigenvalue weighted by molar-refractivity contribution is 6.17. The van der Waals surface area contributed by atoms with Crippen LogP contribution in [0.25, 0.3) is 89.4 Å². The van der Waals surface area contributed by atoms with Gasteiger partial charge in [-0.3, -0.25) is 0 Å². The van der Waals surface area contributed by atoms with E-state index >= 15 is 0 Å². The van der Waals surface area contributed by atoms with Gasteiger partial charge in [0.25, 0.3) is 0 Å². The first-order valence-corrected chi connectivity index (χ1v) is 19.0. The highest BCUT2D eigenvalue weighted by atomic mass is 16.3. The molecule has 0 saturated heterocycles. The second-order valence-corrected chi connectivity index (χ2v) is 14.1. The van der Waals surface area contributed by atoms with Gasteiger partial charge in [-0.1, -0.05) is 140 Å². The van der Waals surface area contributed by atoms with Crippen LogP contribution in [0.15, 0.2) is 193 Å². The Labute approximate surface area is 334 Å². The number of nitrogens with zero attached hydrogens (tertiary/aromatic N) is 5. The molecule has 7 aromatic carbocycles. The van der Waals surface area contributed by atoms with Gasteiger partial charge in [0.15, 0.2) is 17.5 Å². The van der Waals surface area contributed by atoms with E-state index in [1.165, 1.54) is 0 Å². The zero-order chi connectivity index (χ0) is 39.0. The van der Waals surface area contributed by atoms with Crippen LogP contribution in [-0.2, 0) is 0 Å². The quantitative estimate of drug-likeness (QED) is 0.145. The molecule has 0 aliphatic heterocycles. The van der Waals surface area contributed by atoms with Crippen molar-refractivity contribution >= 4 is 66.7 Å². The van der Waals surface area contributed by atoms with Crippen molar-refractivity contribution in [2.45, 2.75) is 0 Å². The molecule has 58 heavy (non-hydrogen) atoms. The molecule has 0 aliphatic carbocycles. The zero-order valence-corrected chi connectivity index (χ0v) is 31.2. The summed E-state index contributed by atoms with van der Waals surface area (Å²) in [7, 11) is 0. The Morgan fingerprint density at radius 2 is 1.21 bits per heavy atom. The second-order valence-electron chi connectivity index (χ2n) is 14.1. The molecule has 0 atom stereocenters. The van der Waals surface area contributed by atoms with E-state index in [2.05, 4.69) is 77.9 Å². The Bertz CT molecular complexity index is 3300. The van der Waals surface area contributed by atoms with Gasteiger partial charge in [0, 0.05) is 43.8 Å². The van der Waals surface area contributed by atoms with E-state index < -0.39 is 0 Å². The van der Waals surface area contributed by atoms with Crippen molar-refractivity contribution in [2.24, 2.45) is 0 Å². The van der Waals surface area contributed by atoms with Gasteiger partial charge in [0.05, 0.1) is 28.4 Å². The maximum atomic E-state index is 9.88. The first-order valence-electron chi connectivity index (χ1n) is 19.0. The van der Waals surface area contributed by atoms with Crippen molar-refractivity contribution < 1.29 is 4.42 Å². The van der Waals surface area contributed by atoms with Gasteiger partial charge in [0.1, 0.15) is 11.2 Å². The predicted octanol–water partition coefficient (Wildman–Crippen LogP) is 12.9. The van der Waals surface area contributed by atoms with E-state index in [0.717, 1.165) is 77.3 Å². The summed E-state index contributed by atoms with van der Waals surface area (Å²) in [5.74, 6) is 1.50. The van der Waals surface area contributed by atoms with Crippen LogP contribution in [0.5, 0.6) is 0 Å². The van der Waals surface area contributed by atoms with Crippen LogP contribution in [0.4, 0.5) is 0 Å². The Kier molecular flexibility index (Phi) is 8.59. The molecule has 0 amide bonds. The van der Waals surface area contributed by atoms with Crippen molar-refractivity contribution in [1.29, 1.82) is 5.26 Å². The summed E-state index contributed by atoms with van der Waals surface area (Å²) in [5.41, 5.74) is 10.3. The third kappa shape index (κ3) is 6.23. The van der Waals surface area contributed by atoms with Crippen LogP contribution in [0, 0.1) is 11.3 Å². The lowest BCUT2D eigenvalue weighted by atomic mass is 9.97. The summed E-state index contributed by atoms with van der Waals surface area (Å²) in [6.45, 7) is 4.64. The van der Waals surface area contributed by atoms with Crippen LogP contribution in [0.3, 0.4) is 0 Å². The average Bonchev–Trinajstić information content (AvgIpc) is 3.83. The number of benzene rings is 7. The smallest absolute Gasteiger partial charge is 0.164 e. The molecule has 6 nitrogen and oxygen atoms in total. The van der Waals surface area contributed by atoms with Crippen LogP contribution in [-0.4, -0.2) is 19.5 Å². The number of rotatable bonds is 8. The number of para-hydroxylation sites is 2. The van der Waals surface area contributed by atoms with Crippen molar-refractivity contribution in [1.82, 2.24) is 19.5 Å². The van der Waals surface area contributed by atoms with E-state index in [9.17, 15) is 5.26 Å². The molecule has 3 aromatic heterocycles. The lowest BCUT2D eigenvalue weighted by Crippen LogP contribution is -2.04. The number of fused-ring (bicyclic) bond motifs is 6. The van der Waals surface area contributed by atoms with E-state index in [1.807, 2.05) is 127 Å². The first-order chi connectivity index (χ1) is 28.6. The third-order valence-electron chi connectivity index (χ3n) is 10.4. The Morgan fingerprint density at radius 1 is 0.569 bits per heavy atom. The van der Waals surface area contributed by atoms with Crippen molar-refractivity contribution in [3.8, 4) is 28.8 Å². The van der Waals surface area contributed by atoms with Gasteiger partial charge in [0.2, 0.25) is 0 Å². The number of hydrogen-bond donors (Lipinski definition) is 0. The minimum absolute atomic E-state index is 0.446. The number of aromatic nitrogens is 4. The molecule has 0 saturated carbocycles. The molecule has 0 spiro atoms. The van der Waals surface area contributed by atoms with Gasteiger partial charge >= 0.3 is 0 Å². The van der Waals surface area contributed by atoms with Crippen LogP contribution >= 0.6 is 0 Å². The van der Waals surface area contributed by atoms with E-state index in [1.54, 1.807) is 0 Å². The lowest BCUT2D eigenvalue weighted by Gasteiger charge is -2.18. The molecule has 3 heterocycles. The van der Waals surface area contributed by atoms with Gasteiger partial charge < -0.3 is 8.98 Å². The molecule has 0 radical (unpaired) electrons. The van der Waals surface area contributed by atoms with E-state index in [4.69, 9.17) is 19.4 Å². The fourth-order valence-corrected chi connectivity index (χ4v) is 7.66. The molecule has 10 rings (SSSR count). The fraction of sp³-hybridized carbons (Fsp3) is 0. The van der Waals surface area contributed by atoms with Crippen LogP contribution in [0.2, 0.25) is 0 Å². The van der Waals surface area contributed by atoms with Crippen LogP contribution in [0.1, 0.15) is 22.5 Å². The number of hydrogen-bond acceptors (Lipinski definition) is 5. The lowest BCUT2D eigenvalue weighted by molar-refractivity contribution is 0.669. The number of nitriles is 1. The topological polar surface area (TPSA) is 80.5 Å². The van der Waals surface area contributed by atoms with Crippen molar-refractivity contribution in [3.05, 3.63) is 211 Å². The number of furan rings is 1. The molecule has 6 heteroatoms. The van der Waals surface area contributed by atoms with Crippen LogP contribution < -0.4 is 0 Å². The molecule has 0 unspecified atom stereocenters. The Balaban J connectivity index is 1.20. The molecule has 0 bridgehead atoms. The SMILES string of the molecule is C=C(/C=C(\C(=C\c1ccccc1)n1c2ccccc2c2cc(C#N)ccc21)c1ccccc1)c1nc(-c2ccccc2)nc(-c2ccc3c(c2)oc2ccccc23)n1. The second kappa shape index (κ2) is 14.5. The monoisotopic (exact) mass is 743 g/mol. The summed E-state index contributed by atoms with van der Waals surface area (Å²) >= 11 is 0. The molecular formula is C52H33N5O. The summed E-state index contributed by atoms with van der Waals surface area (Å²) in [6, 6.07) is 61.2. The van der Waals surface area contributed by atoms with Gasteiger partial charge in [-0.2, -0.15) is 5.26 Å². The van der Waals surface area contributed by atoms with E-state index in [0.29, 0.717) is 28.6 Å². The molecule has 10 aromatic rings. The molecule has 272 valence electrons. The standard InChI is InChI=1S/C52H33N5O/c1-34(50-54-51(38-19-9-4-10-20-38)56-52(55-50)39-26-27-42-41-22-12-14-24-48(41)58-49(42)32-39)29-43(37-17-7-3-8-18-37)47(31-35-15-5-2-6-16-35)57-45-23-13-11-21-40(45)44-30-36(33-53)25-28-46(44)57/h2-32H,1H2/b43-29-,47-31-. The summed E-state index contributed by atoms with van der Waals surface area (Å²) in [4.78, 5) is 15.2. The average molecular weight is 744 g/mol.